The lowest BCUT2D eigenvalue weighted by molar-refractivity contribution is 0.181. The molecule has 108 valence electrons. The molecule has 20 heavy (non-hydrogen) atoms. The molecule has 0 unspecified atom stereocenters. The van der Waals surface area contributed by atoms with Crippen molar-refractivity contribution in [3.8, 4) is 10.7 Å². The summed E-state index contributed by atoms with van der Waals surface area (Å²) in [6, 6.07) is 6.46. The summed E-state index contributed by atoms with van der Waals surface area (Å²) in [5.74, 6) is 0. The van der Waals surface area contributed by atoms with Crippen LogP contribution in [0, 0.1) is 6.92 Å². The van der Waals surface area contributed by atoms with Gasteiger partial charge in [-0.2, -0.15) is 0 Å². The molecule has 0 saturated carbocycles. The maximum absolute atomic E-state index is 5.24. The SMILES string of the molecule is COCc1nc(-c2cccc(C)n2)sc1CNC(C)C. The molecule has 5 heteroatoms. The Bertz CT molecular complexity index is 566. The van der Waals surface area contributed by atoms with Crippen molar-refractivity contribution in [1.29, 1.82) is 0 Å². The van der Waals surface area contributed by atoms with E-state index in [1.807, 2.05) is 25.1 Å². The molecule has 2 aromatic rings. The number of hydrogen-bond acceptors (Lipinski definition) is 5. The van der Waals surface area contributed by atoms with Crippen LogP contribution in [-0.4, -0.2) is 23.1 Å². The normalized spacial score (nSPS) is 11.2. The molecule has 0 aliphatic heterocycles. The number of thiazole rings is 1. The Morgan fingerprint density at radius 3 is 2.75 bits per heavy atom. The van der Waals surface area contributed by atoms with Crippen molar-refractivity contribution in [3.05, 3.63) is 34.5 Å². The van der Waals surface area contributed by atoms with Crippen molar-refractivity contribution < 1.29 is 4.74 Å². The van der Waals surface area contributed by atoms with E-state index in [1.165, 1.54) is 4.88 Å². The first-order valence-corrected chi connectivity index (χ1v) is 7.56. The van der Waals surface area contributed by atoms with Gasteiger partial charge in [0, 0.05) is 30.3 Å². The largest absolute Gasteiger partial charge is 0.378 e. The number of nitrogens with zero attached hydrogens (tertiary/aromatic N) is 2. The predicted octanol–water partition coefficient (Wildman–Crippen LogP) is 3.16. The lowest BCUT2D eigenvalue weighted by atomic mass is 10.3. The van der Waals surface area contributed by atoms with Gasteiger partial charge in [-0.3, -0.25) is 4.98 Å². The minimum absolute atomic E-state index is 0.452. The number of nitrogens with one attached hydrogen (secondary N) is 1. The van der Waals surface area contributed by atoms with Crippen molar-refractivity contribution in [2.24, 2.45) is 0 Å². The fourth-order valence-corrected chi connectivity index (χ4v) is 2.82. The molecule has 0 saturated heterocycles. The van der Waals surface area contributed by atoms with E-state index in [9.17, 15) is 0 Å². The Morgan fingerprint density at radius 2 is 2.10 bits per heavy atom. The highest BCUT2D eigenvalue weighted by Gasteiger charge is 2.13. The van der Waals surface area contributed by atoms with Crippen LogP contribution < -0.4 is 5.32 Å². The van der Waals surface area contributed by atoms with Gasteiger partial charge in [-0.15, -0.1) is 11.3 Å². The average Bonchev–Trinajstić information content (AvgIpc) is 2.80. The Morgan fingerprint density at radius 1 is 1.30 bits per heavy atom. The first-order valence-electron chi connectivity index (χ1n) is 6.75. The van der Waals surface area contributed by atoms with Crippen molar-refractivity contribution in [1.82, 2.24) is 15.3 Å². The van der Waals surface area contributed by atoms with Crippen molar-refractivity contribution in [3.63, 3.8) is 0 Å². The summed E-state index contributed by atoms with van der Waals surface area (Å²) in [5, 5.41) is 4.39. The summed E-state index contributed by atoms with van der Waals surface area (Å²) in [4.78, 5) is 10.4. The standard InChI is InChI=1S/C15H21N3OS/c1-10(2)16-8-14-13(9-19-4)18-15(20-14)12-7-5-6-11(3)17-12/h5-7,10,16H,8-9H2,1-4H3. The van der Waals surface area contributed by atoms with Crippen molar-refractivity contribution in [2.45, 2.75) is 40.0 Å². The van der Waals surface area contributed by atoms with Crippen LogP contribution in [0.25, 0.3) is 10.7 Å². The molecular formula is C15H21N3OS. The van der Waals surface area contributed by atoms with E-state index in [0.29, 0.717) is 12.6 Å². The van der Waals surface area contributed by atoms with Gasteiger partial charge in [0.15, 0.2) is 0 Å². The van der Waals surface area contributed by atoms with Crippen LogP contribution >= 0.6 is 11.3 Å². The van der Waals surface area contributed by atoms with Crippen LogP contribution in [0.4, 0.5) is 0 Å². The number of hydrogen-bond donors (Lipinski definition) is 1. The smallest absolute Gasteiger partial charge is 0.142 e. The Labute approximate surface area is 124 Å². The Hall–Kier alpha value is -1.30. The topological polar surface area (TPSA) is 47.0 Å². The zero-order valence-electron chi connectivity index (χ0n) is 12.4. The number of pyridine rings is 1. The van der Waals surface area contributed by atoms with E-state index >= 15 is 0 Å². The molecule has 0 aromatic carbocycles. The molecule has 0 aliphatic carbocycles. The second-order valence-electron chi connectivity index (χ2n) is 5.02. The first-order chi connectivity index (χ1) is 9.60. The summed E-state index contributed by atoms with van der Waals surface area (Å²) in [7, 11) is 1.70. The van der Waals surface area contributed by atoms with Crippen LogP contribution in [0.5, 0.6) is 0 Å². The third kappa shape index (κ3) is 3.85. The van der Waals surface area contributed by atoms with Gasteiger partial charge >= 0.3 is 0 Å². The number of aromatic nitrogens is 2. The summed E-state index contributed by atoms with van der Waals surface area (Å²) in [5.41, 5.74) is 2.94. The van der Waals surface area contributed by atoms with Gasteiger partial charge in [-0.05, 0) is 19.1 Å². The Kier molecular flexibility index (Phi) is 5.23. The van der Waals surface area contributed by atoms with E-state index in [-0.39, 0.29) is 0 Å². The fraction of sp³-hybridized carbons (Fsp3) is 0.467. The van der Waals surface area contributed by atoms with Gasteiger partial charge in [-0.1, -0.05) is 19.9 Å². The quantitative estimate of drug-likeness (QED) is 0.888. The van der Waals surface area contributed by atoms with Gasteiger partial charge in [0.2, 0.25) is 0 Å². The maximum atomic E-state index is 5.24. The molecule has 2 rings (SSSR count). The summed E-state index contributed by atoms with van der Waals surface area (Å²) >= 11 is 1.69. The number of methoxy groups -OCH3 is 1. The average molecular weight is 291 g/mol. The molecule has 0 amide bonds. The van der Waals surface area contributed by atoms with Crippen LogP contribution in [-0.2, 0) is 17.9 Å². The third-order valence-electron chi connectivity index (χ3n) is 2.84. The van der Waals surface area contributed by atoms with Crippen molar-refractivity contribution in [2.75, 3.05) is 7.11 Å². The number of rotatable bonds is 6. The summed E-state index contributed by atoms with van der Waals surface area (Å²) in [6.07, 6.45) is 0. The highest BCUT2D eigenvalue weighted by molar-refractivity contribution is 7.15. The monoisotopic (exact) mass is 291 g/mol. The second kappa shape index (κ2) is 6.92. The van der Waals surface area contributed by atoms with E-state index in [1.54, 1.807) is 18.4 Å². The van der Waals surface area contributed by atoms with E-state index < -0.39 is 0 Å². The zero-order valence-corrected chi connectivity index (χ0v) is 13.3. The third-order valence-corrected chi connectivity index (χ3v) is 3.96. The molecule has 2 aromatic heterocycles. The zero-order chi connectivity index (χ0) is 14.5. The molecule has 0 spiro atoms. The lowest BCUT2D eigenvalue weighted by Crippen LogP contribution is -2.21. The first kappa shape index (κ1) is 15.1. The minimum atomic E-state index is 0.452. The van der Waals surface area contributed by atoms with Gasteiger partial charge in [0.25, 0.3) is 0 Å². The second-order valence-corrected chi connectivity index (χ2v) is 6.11. The van der Waals surface area contributed by atoms with Crippen molar-refractivity contribution >= 4 is 11.3 Å². The number of ether oxygens (including phenoxy) is 1. The molecule has 0 aliphatic rings. The van der Waals surface area contributed by atoms with Gasteiger partial charge < -0.3 is 10.1 Å². The van der Waals surface area contributed by atoms with Crippen LogP contribution in [0.1, 0.15) is 30.1 Å². The molecule has 0 fully saturated rings. The van der Waals surface area contributed by atoms with E-state index in [0.717, 1.165) is 28.6 Å². The Balaban J connectivity index is 2.28. The van der Waals surface area contributed by atoms with Crippen LogP contribution in [0.3, 0.4) is 0 Å². The van der Waals surface area contributed by atoms with Gasteiger partial charge in [0.1, 0.15) is 5.01 Å². The van der Waals surface area contributed by atoms with Crippen LogP contribution in [0.2, 0.25) is 0 Å². The number of aryl methyl sites for hydroxylation is 1. The molecule has 0 bridgehead atoms. The van der Waals surface area contributed by atoms with E-state index in [2.05, 4.69) is 29.1 Å². The van der Waals surface area contributed by atoms with E-state index in [4.69, 9.17) is 4.74 Å². The molecule has 0 atom stereocenters. The molecule has 0 radical (unpaired) electrons. The highest BCUT2D eigenvalue weighted by Crippen LogP contribution is 2.27. The predicted molar refractivity (Wildman–Crippen MR) is 82.8 cm³/mol. The van der Waals surface area contributed by atoms with Gasteiger partial charge in [-0.25, -0.2) is 4.98 Å². The van der Waals surface area contributed by atoms with Crippen LogP contribution in [0.15, 0.2) is 18.2 Å². The lowest BCUT2D eigenvalue weighted by Gasteiger charge is -2.07. The molecule has 2 heterocycles. The molecular weight excluding hydrogens is 270 g/mol. The van der Waals surface area contributed by atoms with Gasteiger partial charge in [0.05, 0.1) is 18.0 Å². The summed E-state index contributed by atoms with van der Waals surface area (Å²) < 4.78 is 5.24. The highest BCUT2D eigenvalue weighted by atomic mass is 32.1. The summed E-state index contributed by atoms with van der Waals surface area (Å²) in [6.45, 7) is 7.63. The maximum Gasteiger partial charge on any atom is 0.142 e. The molecule has 4 nitrogen and oxygen atoms in total. The minimum Gasteiger partial charge on any atom is -0.378 e. The fourth-order valence-electron chi connectivity index (χ4n) is 1.84. The molecule has 1 N–H and O–H groups in total.